The molecule has 0 atom stereocenters. The Balaban J connectivity index is 2.58. The molecule has 0 aromatic heterocycles. The maximum atomic E-state index is 12.1. The molecule has 0 unspecified atom stereocenters. The smallest absolute Gasteiger partial charge is 0.410 e. The van der Waals surface area contributed by atoms with Crippen molar-refractivity contribution in [3.63, 3.8) is 0 Å². The number of hydrogen-bond acceptors (Lipinski definition) is 5. The Bertz CT molecular complexity index is 341. The number of rotatable bonds is 2. The summed E-state index contributed by atoms with van der Waals surface area (Å²) >= 11 is 0. The first-order valence-corrected chi connectivity index (χ1v) is 6.91. The molecule has 0 spiro atoms. The van der Waals surface area contributed by atoms with Crippen molar-refractivity contribution in [1.82, 2.24) is 15.1 Å². The summed E-state index contributed by atoms with van der Waals surface area (Å²) in [5.74, 6) is -0.854. The van der Waals surface area contributed by atoms with Crippen molar-refractivity contribution in [3.8, 4) is 0 Å². The Morgan fingerprint density at radius 2 is 1.80 bits per heavy atom. The first kappa shape index (κ1) is 16.7. The molecule has 1 aliphatic heterocycles. The zero-order valence-corrected chi connectivity index (χ0v) is 12.5. The number of carboxylic acid groups (broad SMARTS) is 1. The Morgan fingerprint density at radius 3 is 2.40 bits per heavy atom. The standard InChI is InChI=1S/C13H25N3O4/c1-13(2,3)20-12(19)16-7-5-14-4-6-15(8-9-16)10-11(17)18/h14H,4-10H2,1-3H3,(H,17,18). The molecule has 1 amide bonds. The number of nitrogens with one attached hydrogen (secondary N) is 1. The van der Waals surface area contributed by atoms with Crippen molar-refractivity contribution in [2.45, 2.75) is 26.4 Å². The van der Waals surface area contributed by atoms with Gasteiger partial charge in [0.05, 0.1) is 6.54 Å². The molecule has 20 heavy (non-hydrogen) atoms. The van der Waals surface area contributed by atoms with Gasteiger partial charge in [-0.3, -0.25) is 9.69 Å². The molecular weight excluding hydrogens is 262 g/mol. The Labute approximate surface area is 119 Å². The van der Waals surface area contributed by atoms with Crippen molar-refractivity contribution < 1.29 is 19.4 Å². The van der Waals surface area contributed by atoms with Gasteiger partial charge in [0.1, 0.15) is 5.60 Å². The summed E-state index contributed by atoms with van der Waals surface area (Å²) in [6, 6.07) is 0. The van der Waals surface area contributed by atoms with Gasteiger partial charge in [0.25, 0.3) is 0 Å². The second kappa shape index (κ2) is 7.44. The molecule has 1 aliphatic rings. The van der Waals surface area contributed by atoms with Gasteiger partial charge in [0.2, 0.25) is 0 Å². The number of aliphatic carboxylic acids is 1. The van der Waals surface area contributed by atoms with Crippen LogP contribution in [0.2, 0.25) is 0 Å². The van der Waals surface area contributed by atoms with Crippen LogP contribution in [0.4, 0.5) is 4.79 Å². The van der Waals surface area contributed by atoms with Gasteiger partial charge < -0.3 is 20.1 Å². The minimum Gasteiger partial charge on any atom is -0.480 e. The Hall–Kier alpha value is -1.34. The topological polar surface area (TPSA) is 82.1 Å². The molecule has 7 nitrogen and oxygen atoms in total. The SMILES string of the molecule is CC(C)(C)OC(=O)N1CCNCCN(CC(=O)O)CC1. The van der Waals surface area contributed by atoms with Gasteiger partial charge in [-0.25, -0.2) is 4.79 Å². The van der Waals surface area contributed by atoms with Crippen molar-refractivity contribution in [3.05, 3.63) is 0 Å². The largest absolute Gasteiger partial charge is 0.480 e. The number of carbonyl (C=O) groups excluding carboxylic acids is 1. The van der Waals surface area contributed by atoms with Gasteiger partial charge in [-0.05, 0) is 20.8 Å². The summed E-state index contributed by atoms with van der Waals surface area (Å²) < 4.78 is 5.36. The first-order chi connectivity index (χ1) is 9.28. The van der Waals surface area contributed by atoms with Gasteiger partial charge in [-0.2, -0.15) is 0 Å². The number of nitrogens with zero attached hydrogens (tertiary/aromatic N) is 2. The van der Waals surface area contributed by atoms with Gasteiger partial charge >= 0.3 is 12.1 Å². The fourth-order valence-electron chi connectivity index (χ4n) is 1.92. The third-order valence-corrected chi connectivity index (χ3v) is 2.86. The van der Waals surface area contributed by atoms with Gasteiger partial charge in [0.15, 0.2) is 0 Å². The van der Waals surface area contributed by atoms with E-state index < -0.39 is 11.6 Å². The van der Waals surface area contributed by atoms with Gasteiger partial charge in [0, 0.05) is 39.3 Å². The summed E-state index contributed by atoms with van der Waals surface area (Å²) in [6.07, 6.45) is -0.350. The van der Waals surface area contributed by atoms with Crippen LogP contribution >= 0.6 is 0 Å². The average molecular weight is 287 g/mol. The number of amides is 1. The molecule has 1 rings (SSSR count). The highest BCUT2D eigenvalue weighted by atomic mass is 16.6. The highest BCUT2D eigenvalue weighted by molar-refractivity contribution is 5.69. The molecule has 7 heteroatoms. The fraction of sp³-hybridized carbons (Fsp3) is 0.846. The lowest BCUT2D eigenvalue weighted by atomic mass is 10.2. The molecule has 1 fully saturated rings. The second-order valence-electron chi connectivity index (χ2n) is 5.89. The van der Waals surface area contributed by atoms with E-state index in [0.717, 1.165) is 6.54 Å². The number of carboxylic acids is 1. The molecule has 1 heterocycles. The first-order valence-electron chi connectivity index (χ1n) is 6.91. The maximum Gasteiger partial charge on any atom is 0.410 e. The molecule has 0 saturated carbocycles. The van der Waals surface area contributed by atoms with E-state index in [-0.39, 0.29) is 12.6 Å². The number of hydrogen-bond donors (Lipinski definition) is 2. The predicted octanol–water partition coefficient (Wildman–Crippen LogP) is 0.213. The van der Waals surface area contributed by atoms with E-state index in [1.54, 1.807) is 4.90 Å². The Kier molecular flexibility index (Phi) is 6.22. The van der Waals surface area contributed by atoms with Gasteiger partial charge in [-0.15, -0.1) is 0 Å². The third kappa shape index (κ3) is 6.72. The van der Waals surface area contributed by atoms with E-state index >= 15 is 0 Å². The fourth-order valence-corrected chi connectivity index (χ4v) is 1.92. The molecule has 1 saturated heterocycles. The van der Waals surface area contributed by atoms with E-state index in [0.29, 0.717) is 32.7 Å². The maximum absolute atomic E-state index is 12.1. The van der Waals surface area contributed by atoms with E-state index in [4.69, 9.17) is 9.84 Å². The van der Waals surface area contributed by atoms with Crippen molar-refractivity contribution in [1.29, 1.82) is 0 Å². The van der Waals surface area contributed by atoms with E-state index in [1.165, 1.54) is 0 Å². The monoisotopic (exact) mass is 287 g/mol. The van der Waals surface area contributed by atoms with E-state index in [9.17, 15) is 9.59 Å². The summed E-state index contributed by atoms with van der Waals surface area (Å²) in [4.78, 5) is 26.3. The molecular formula is C13H25N3O4. The van der Waals surface area contributed by atoms with Crippen LogP contribution in [0.15, 0.2) is 0 Å². The summed E-state index contributed by atoms with van der Waals surface area (Å²) in [5.41, 5.74) is -0.524. The van der Waals surface area contributed by atoms with E-state index in [1.807, 2.05) is 25.7 Å². The zero-order valence-electron chi connectivity index (χ0n) is 12.5. The van der Waals surface area contributed by atoms with Crippen LogP contribution in [-0.2, 0) is 9.53 Å². The van der Waals surface area contributed by atoms with Crippen molar-refractivity contribution in [2.75, 3.05) is 45.8 Å². The number of ether oxygens (including phenoxy) is 1. The molecule has 0 aromatic rings. The Morgan fingerprint density at radius 1 is 1.15 bits per heavy atom. The van der Waals surface area contributed by atoms with Gasteiger partial charge in [-0.1, -0.05) is 0 Å². The molecule has 0 radical (unpaired) electrons. The van der Waals surface area contributed by atoms with Crippen LogP contribution in [0.5, 0.6) is 0 Å². The molecule has 0 aliphatic carbocycles. The molecule has 0 bridgehead atoms. The highest BCUT2D eigenvalue weighted by Crippen LogP contribution is 2.10. The third-order valence-electron chi connectivity index (χ3n) is 2.86. The van der Waals surface area contributed by atoms with Crippen LogP contribution < -0.4 is 5.32 Å². The summed E-state index contributed by atoms with van der Waals surface area (Å²) in [5, 5.41) is 12.1. The predicted molar refractivity (Wildman–Crippen MR) is 74.8 cm³/mol. The summed E-state index contributed by atoms with van der Waals surface area (Å²) in [7, 11) is 0. The van der Waals surface area contributed by atoms with Crippen LogP contribution in [0.1, 0.15) is 20.8 Å². The highest BCUT2D eigenvalue weighted by Gasteiger charge is 2.23. The minimum atomic E-state index is -0.854. The molecule has 116 valence electrons. The van der Waals surface area contributed by atoms with Crippen LogP contribution in [-0.4, -0.2) is 78.4 Å². The second-order valence-corrected chi connectivity index (χ2v) is 5.89. The van der Waals surface area contributed by atoms with Crippen LogP contribution in [0.25, 0.3) is 0 Å². The normalized spacial score (nSPS) is 18.9. The van der Waals surface area contributed by atoms with Crippen molar-refractivity contribution in [2.24, 2.45) is 0 Å². The van der Waals surface area contributed by atoms with Crippen molar-refractivity contribution >= 4 is 12.1 Å². The summed E-state index contributed by atoms with van der Waals surface area (Å²) in [6.45, 7) is 9.11. The lowest BCUT2D eigenvalue weighted by Crippen LogP contribution is -2.43. The quantitative estimate of drug-likeness (QED) is 0.756. The lowest BCUT2D eigenvalue weighted by Gasteiger charge is -2.28. The lowest BCUT2D eigenvalue weighted by molar-refractivity contribution is -0.138. The van der Waals surface area contributed by atoms with Crippen LogP contribution in [0.3, 0.4) is 0 Å². The zero-order chi connectivity index (χ0) is 15.2. The van der Waals surface area contributed by atoms with E-state index in [2.05, 4.69) is 5.32 Å². The molecule has 0 aromatic carbocycles. The molecule has 2 N–H and O–H groups in total. The van der Waals surface area contributed by atoms with Crippen LogP contribution in [0, 0.1) is 0 Å². The number of carbonyl (C=O) groups is 2. The average Bonchev–Trinajstić information content (AvgIpc) is 2.38. The minimum absolute atomic E-state index is 0.0101.